The molecular formula is C26H26N2O3. The van der Waals surface area contributed by atoms with Gasteiger partial charge >= 0.3 is 0 Å². The van der Waals surface area contributed by atoms with Crippen LogP contribution in [0.3, 0.4) is 0 Å². The molecular weight excluding hydrogens is 388 g/mol. The van der Waals surface area contributed by atoms with E-state index in [9.17, 15) is 15.0 Å². The molecule has 0 aliphatic heterocycles. The summed E-state index contributed by atoms with van der Waals surface area (Å²) in [5.41, 5.74) is 6.30. The van der Waals surface area contributed by atoms with Crippen molar-refractivity contribution in [1.82, 2.24) is 10.3 Å². The summed E-state index contributed by atoms with van der Waals surface area (Å²) in [5, 5.41) is 23.2. The molecule has 1 atom stereocenters. The molecule has 3 aromatic carbocycles. The molecule has 1 aromatic heterocycles. The fraction of sp³-hybridized carbons (Fsp3) is 0.192. The average Bonchev–Trinajstić information content (AvgIpc) is 3.21. The van der Waals surface area contributed by atoms with Crippen molar-refractivity contribution in [3.8, 4) is 11.1 Å². The van der Waals surface area contributed by atoms with E-state index in [1.165, 1.54) is 0 Å². The van der Waals surface area contributed by atoms with Crippen LogP contribution >= 0.6 is 0 Å². The molecule has 31 heavy (non-hydrogen) atoms. The summed E-state index contributed by atoms with van der Waals surface area (Å²) in [4.78, 5) is 16.3. The number of benzene rings is 3. The molecule has 0 spiro atoms. The monoisotopic (exact) mass is 414 g/mol. The van der Waals surface area contributed by atoms with Crippen molar-refractivity contribution in [3.05, 3.63) is 95.2 Å². The van der Waals surface area contributed by atoms with Crippen LogP contribution < -0.4 is 5.32 Å². The van der Waals surface area contributed by atoms with E-state index in [2.05, 4.69) is 10.3 Å². The summed E-state index contributed by atoms with van der Waals surface area (Å²) < 4.78 is 0. The maximum absolute atomic E-state index is 13.0. The van der Waals surface area contributed by atoms with Crippen LogP contribution in [0.5, 0.6) is 0 Å². The third-order valence-electron chi connectivity index (χ3n) is 5.65. The number of aromatic nitrogens is 1. The zero-order valence-electron chi connectivity index (χ0n) is 17.4. The molecule has 158 valence electrons. The van der Waals surface area contributed by atoms with E-state index in [1.807, 2.05) is 79.9 Å². The van der Waals surface area contributed by atoms with Crippen molar-refractivity contribution < 1.29 is 15.0 Å². The standard InChI is InChI=1S/C26H26N2O3/c1-17-6-9-20(19-10-7-18(15-29)8-11-19)13-24(17)26(31)28-22(16-30)12-21-14-27-25-5-3-2-4-23(21)25/h2-11,13-14,22,27,29-30H,12,15-16H2,1H3,(H,28,31)/t22-/m1/s1. The number of aliphatic hydroxyl groups excluding tert-OH is 2. The number of amides is 1. The topological polar surface area (TPSA) is 85.3 Å². The van der Waals surface area contributed by atoms with Gasteiger partial charge in [-0.05, 0) is 53.3 Å². The van der Waals surface area contributed by atoms with E-state index >= 15 is 0 Å². The molecule has 0 saturated carbocycles. The number of carbonyl (C=O) groups is 1. The molecule has 1 amide bonds. The number of aryl methyl sites for hydroxylation is 1. The number of rotatable bonds is 7. The van der Waals surface area contributed by atoms with Gasteiger partial charge in [-0.15, -0.1) is 0 Å². The number of carbonyl (C=O) groups excluding carboxylic acids is 1. The van der Waals surface area contributed by atoms with Gasteiger partial charge in [-0.25, -0.2) is 0 Å². The molecule has 4 N–H and O–H groups in total. The van der Waals surface area contributed by atoms with Crippen LogP contribution in [-0.2, 0) is 13.0 Å². The minimum absolute atomic E-state index is 0.000805. The maximum atomic E-state index is 13.0. The van der Waals surface area contributed by atoms with E-state index in [-0.39, 0.29) is 19.1 Å². The zero-order valence-corrected chi connectivity index (χ0v) is 17.4. The molecule has 1 heterocycles. The Labute approximate surface area is 181 Å². The summed E-state index contributed by atoms with van der Waals surface area (Å²) in [6.07, 6.45) is 2.47. The van der Waals surface area contributed by atoms with Gasteiger partial charge in [0.1, 0.15) is 0 Å². The Balaban J connectivity index is 1.53. The molecule has 4 aromatic rings. The highest BCUT2D eigenvalue weighted by Crippen LogP contribution is 2.24. The first-order chi connectivity index (χ1) is 15.1. The van der Waals surface area contributed by atoms with Crippen LogP contribution in [0.15, 0.2) is 72.9 Å². The average molecular weight is 415 g/mol. The molecule has 0 saturated heterocycles. The van der Waals surface area contributed by atoms with Crippen molar-refractivity contribution in [2.24, 2.45) is 0 Å². The third-order valence-corrected chi connectivity index (χ3v) is 5.65. The van der Waals surface area contributed by atoms with E-state index in [1.54, 1.807) is 0 Å². The third kappa shape index (κ3) is 4.53. The smallest absolute Gasteiger partial charge is 0.251 e. The molecule has 4 rings (SSSR count). The van der Waals surface area contributed by atoms with Gasteiger partial charge in [-0.3, -0.25) is 4.79 Å². The molecule has 0 aliphatic carbocycles. The quantitative estimate of drug-likeness (QED) is 0.369. The second kappa shape index (κ2) is 9.16. The highest BCUT2D eigenvalue weighted by atomic mass is 16.3. The Kier molecular flexibility index (Phi) is 6.16. The maximum Gasteiger partial charge on any atom is 0.251 e. The second-order valence-corrected chi connectivity index (χ2v) is 7.80. The lowest BCUT2D eigenvalue weighted by molar-refractivity contribution is 0.0916. The Hall–Kier alpha value is -3.41. The van der Waals surface area contributed by atoms with Gasteiger partial charge in [0.2, 0.25) is 0 Å². The Morgan fingerprint density at radius 2 is 1.74 bits per heavy atom. The molecule has 5 nitrogen and oxygen atoms in total. The van der Waals surface area contributed by atoms with Gasteiger partial charge in [0.15, 0.2) is 0 Å². The number of H-pyrrole nitrogens is 1. The number of hydrogen-bond donors (Lipinski definition) is 4. The van der Waals surface area contributed by atoms with Gasteiger partial charge < -0.3 is 20.5 Å². The summed E-state index contributed by atoms with van der Waals surface area (Å²) in [6, 6.07) is 21.0. The first-order valence-electron chi connectivity index (χ1n) is 10.4. The van der Waals surface area contributed by atoms with Crippen LogP contribution in [0.4, 0.5) is 0 Å². The first-order valence-corrected chi connectivity index (χ1v) is 10.4. The van der Waals surface area contributed by atoms with Gasteiger partial charge in [0.25, 0.3) is 5.91 Å². The van der Waals surface area contributed by atoms with Crippen molar-refractivity contribution in [3.63, 3.8) is 0 Å². The minimum atomic E-state index is -0.390. The van der Waals surface area contributed by atoms with E-state index in [0.29, 0.717) is 12.0 Å². The second-order valence-electron chi connectivity index (χ2n) is 7.80. The largest absolute Gasteiger partial charge is 0.394 e. The Morgan fingerprint density at radius 1 is 1.00 bits per heavy atom. The minimum Gasteiger partial charge on any atom is -0.394 e. The van der Waals surface area contributed by atoms with E-state index in [4.69, 9.17) is 0 Å². The molecule has 0 unspecified atom stereocenters. The molecule has 0 fully saturated rings. The first kappa shape index (κ1) is 20.8. The lowest BCUT2D eigenvalue weighted by Gasteiger charge is -2.17. The fourth-order valence-corrected chi connectivity index (χ4v) is 3.84. The highest BCUT2D eigenvalue weighted by Gasteiger charge is 2.17. The molecule has 0 radical (unpaired) electrons. The van der Waals surface area contributed by atoms with Crippen molar-refractivity contribution >= 4 is 16.8 Å². The van der Waals surface area contributed by atoms with Gasteiger partial charge in [0.05, 0.1) is 19.3 Å². The van der Waals surface area contributed by atoms with E-state index < -0.39 is 6.04 Å². The fourth-order valence-electron chi connectivity index (χ4n) is 3.84. The molecule has 0 bridgehead atoms. The SMILES string of the molecule is Cc1ccc(-c2ccc(CO)cc2)cc1C(=O)N[C@@H](CO)Cc1c[nH]c2ccccc12. The lowest BCUT2D eigenvalue weighted by Crippen LogP contribution is -2.39. The van der Waals surface area contributed by atoms with Crippen molar-refractivity contribution in [1.29, 1.82) is 0 Å². The number of aromatic amines is 1. The normalized spacial score (nSPS) is 12.1. The van der Waals surface area contributed by atoms with Crippen molar-refractivity contribution in [2.75, 3.05) is 6.61 Å². The van der Waals surface area contributed by atoms with Crippen LogP contribution in [-0.4, -0.2) is 33.8 Å². The Bertz CT molecular complexity index is 1190. The van der Waals surface area contributed by atoms with Crippen LogP contribution in [0.2, 0.25) is 0 Å². The summed E-state index contributed by atoms with van der Waals surface area (Å²) in [5.74, 6) is -0.204. The number of aliphatic hydroxyl groups is 2. The van der Waals surface area contributed by atoms with Crippen LogP contribution in [0.1, 0.15) is 27.0 Å². The van der Waals surface area contributed by atoms with Gasteiger partial charge in [-0.1, -0.05) is 54.6 Å². The predicted molar refractivity (Wildman–Crippen MR) is 123 cm³/mol. The highest BCUT2D eigenvalue weighted by molar-refractivity contribution is 5.97. The summed E-state index contributed by atoms with van der Waals surface area (Å²) >= 11 is 0. The summed E-state index contributed by atoms with van der Waals surface area (Å²) in [7, 11) is 0. The zero-order chi connectivity index (χ0) is 21.8. The number of hydrogen-bond acceptors (Lipinski definition) is 3. The van der Waals surface area contributed by atoms with Gasteiger partial charge in [0, 0.05) is 22.7 Å². The number of para-hydroxylation sites is 1. The molecule has 5 heteroatoms. The number of fused-ring (bicyclic) bond motifs is 1. The Morgan fingerprint density at radius 3 is 2.48 bits per heavy atom. The summed E-state index contributed by atoms with van der Waals surface area (Å²) in [6.45, 7) is 1.76. The van der Waals surface area contributed by atoms with Crippen LogP contribution in [0.25, 0.3) is 22.0 Å². The predicted octanol–water partition coefficient (Wildman–Crippen LogP) is 3.97. The molecule has 0 aliphatic rings. The van der Waals surface area contributed by atoms with Crippen LogP contribution in [0, 0.1) is 6.92 Å². The van der Waals surface area contributed by atoms with E-state index in [0.717, 1.165) is 38.7 Å². The number of nitrogens with one attached hydrogen (secondary N) is 2. The van der Waals surface area contributed by atoms with Gasteiger partial charge in [-0.2, -0.15) is 0 Å². The van der Waals surface area contributed by atoms with Crippen molar-refractivity contribution in [2.45, 2.75) is 26.0 Å². The lowest BCUT2D eigenvalue weighted by atomic mass is 9.98.